The van der Waals surface area contributed by atoms with Crippen molar-refractivity contribution in [2.75, 3.05) is 32.6 Å². The zero-order valence-electron chi connectivity index (χ0n) is 19.1. The van der Waals surface area contributed by atoms with Crippen LogP contribution in [0.1, 0.15) is 48.3 Å². The van der Waals surface area contributed by atoms with Crippen molar-refractivity contribution in [3.05, 3.63) is 65.2 Å². The number of anilines is 1. The molecule has 0 aliphatic carbocycles. The van der Waals surface area contributed by atoms with Gasteiger partial charge in [-0.2, -0.15) is 0 Å². The van der Waals surface area contributed by atoms with Crippen LogP contribution < -0.4 is 4.90 Å². The fourth-order valence-corrected chi connectivity index (χ4v) is 3.73. The first-order valence-corrected chi connectivity index (χ1v) is 10.2. The second-order valence-electron chi connectivity index (χ2n) is 8.81. The maximum absolute atomic E-state index is 13.6. The number of likely N-dealkylation sites (N-methyl/N-ethyl adjacent to an activating group) is 1. The van der Waals surface area contributed by atoms with Crippen LogP contribution in [0.4, 0.5) is 5.69 Å². The highest BCUT2D eigenvalue weighted by molar-refractivity contribution is 5.99. The second-order valence-corrected chi connectivity index (χ2v) is 8.81. The summed E-state index contributed by atoms with van der Waals surface area (Å²) >= 11 is 0. The molecule has 0 saturated heterocycles. The molecule has 0 fully saturated rings. The predicted molar refractivity (Wildman–Crippen MR) is 126 cm³/mol. The summed E-state index contributed by atoms with van der Waals surface area (Å²) in [6, 6.07) is 14.7. The van der Waals surface area contributed by atoms with Crippen LogP contribution in [0, 0.1) is 0 Å². The third kappa shape index (κ3) is 5.64. The normalized spacial score (nSPS) is 16.3. The van der Waals surface area contributed by atoms with Crippen LogP contribution in [0.3, 0.4) is 0 Å². The number of hydrazine groups is 1. The minimum Gasteiger partial charge on any atom is -0.456 e. The lowest BCUT2D eigenvalue weighted by atomic mass is 9.92. The first-order valence-electron chi connectivity index (χ1n) is 10.2. The van der Waals surface area contributed by atoms with E-state index in [1.807, 2.05) is 64.1 Å². The fourth-order valence-electron chi connectivity index (χ4n) is 3.73. The number of carbonyl (C=O) groups excluding carboxylic acids is 2. The van der Waals surface area contributed by atoms with Crippen molar-refractivity contribution in [3.63, 3.8) is 0 Å². The highest BCUT2D eigenvalue weighted by Gasteiger charge is 2.36. The fraction of sp³-hybridized carbons (Fsp3) is 0.417. The Bertz CT molecular complexity index is 940. The van der Waals surface area contributed by atoms with Crippen molar-refractivity contribution in [2.45, 2.75) is 38.8 Å². The van der Waals surface area contributed by atoms with E-state index in [0.29, 0.717) is 11.3 Å². The zero-order chi connectivity index (χ0) is 22.1. The summed E-state index contributed by atoms with van der Waals surface area (Å²) in [6.07, 6.45) is 0.899. The van der Waals surface area contributed by atoms with E-state index >= 15 is 0 Å². The van der Waals surface area contributed by atoms with Crippen LogP contribution in [0.15, 0.2) is 48.5 Å². The first-order chi connectivity index (χ1) is 14.1. The predicted octanol–water partition coefficient (Wildman–Crippen LogP) is 4.10. The third-order valence-corrected chi connectivity index (χ3v) is 5.20. The molecule has 0 bridgehead atoms. The van der Waals surface area contributed by atoms with Crippen molar-refractivity contribution in [3.8, 4) is 0 Å². The van der Waals surface area contributed by atoms with Gasteiger partial charge in [-0.25, -0.2) is 14.8 Å². The maximum Gasteiger partial charge on any atom is 0.338 e. The average molecular weight is 446 g/mol. The number of hydrogen-bond donors (Lipinski definition) is 0. The van der Waals surface area contributed by atoms with Gasteiger partial charge >= 0.3 is 5.97 Å². The molecule has 1 heterocycles. The molecule has 168 valence electrons. The van der Waals surface area contributed by atoms with E-state index in [4.69, 9.17) is 4.74 Å². The molecule has 0 saturated carbocycles. The lowest BCUT2D eigenvalue weighted by Gasteiger charge is -2.41. The average Bonchev–Trinajstić information content (AvgIpc) is 2.70. The van der Waals surface area contributed by atoms with Crippen LogP contribution in [-0.4, -0.2) is 55.2 Å². The molecule has 31 heavy (non-hydrogen) atoms. The monoisotopic (exact) mass is 445 g/mol. The number of rotatable bonds is 4. The molecule has 1 amide bonds. The maximum atomic E-state index is 13.6. The topological polar surface area (TPSA) is 53.1 Å². The Morgan fingerprint density at radius 1 is 1.03 bits per heavy atom. The summed E-state index contributed by atoms with van der Waals surface area (Å²) in [5.41, 5.74) is 2.73. The Morgan fingerprint density at radius 3 is 2.35 bits per heavy atom. The van der Waals surface area contributed by atoms with Gasteiger partial charge in [0.1, 0.15) is 11.6 Å². The summed E-state index contributed by atoms with van der Waals surface area (Å²) in [6.45, 7) is 6.27. The molecule has 2 aromatic carbocycles. The number of nitrogens with zero attached hydrogens (tertiary/aromatic N) is 3. The number of ether oxygens (including phenoxy) is 1. The molecular formula is C24H32ClN3O3. The molecule has 3 rings (SSSR count). The van der Waals surface area contributed by atoms with Crippen LogP contribution in [-0.2, 0) is 16.0 Å². The van der Waals surface area contributed by atoms with Crippen molar-refractivity contribution in [1.29, 1.82) is 0 Å². The lowest BCUT2D eigenvalue weighted by molar-refractivity contribution is -0.132. The summed E-state index contributed by atoms with van der Waals surface area (Å²) < 4.78 is 5.47. The van der Waals surface area contributed by atoms with Gasteiger partial charge in [0.25, 0.3) is 0 Å². The lowest BCUT2D eigenvalue weighted by Crippen LogP contribution is -2.50. The number of benzene rings is 2. The quantitative estimate of drug-likeness (QED) is 0.663. The van der Waals surface area contributed by atoms with E-state index < -0.39 is 17.6 Å². The molecule has 0 aromatic heterocycles. The first kappa shape index (κ1) is 24.9. The minimum absolute atomic E-state index is 0. The van der Waals surface area contributed by atoms with E-state index in [1.54, 1.807) is 30.1 Å². The van der Waals surface area contributed by atoms with Crippen LogP contribution in [0.5, 0.6) is 0 Å². The van der Waals surface area contributed by atoms with Gasteiger partial charge < -0.3 is 9.64 Å². The molecule has 0 spiro atoms. The molecule has 1 aliphatic heterocycles. The standard InChI is InChI=1S/C24H31N3O3.ClH/c1-24(2,3)30-23(29)18-11-9-12-19(16-18)26(6)22(28)21-20-13-8-7-10-17(20)14-15-27(21)25(4)5;/h7-13,16,21H,14-15H2,1-6H3;1H. The van der Waals surface area contributed by atoms with Crippen LogP contribution in [0.2, 0.25) is 0 Å². The van der Waals surface area contributed by atoms with Gasteiger partial charge in [-0.1, -0.05) is 30.3 Å². The van der Waals surface area contributed by atoms with Crippen LogP contribution >= 0.6 is 12.4 Å². The zero-order valence-corrected chi connectivity index (χ0v) is 19.9. The Hall–Kier alpha value is -2.41. The molecule has 1 unspecified atom stereocenters. The second kappa shape index (κ2) is 9.81. The van der Waals surface area contributed by atoms with E-state index in [1.165, 1.54) is 5.56 Å². The molecule has 0 N–H and O–H groups in total. The van der Waals surface area contributed by atoms with Crippen molar-refractivity contribution < 1.29 is 14.3 Å². The Balaban J connectivity index is 0.00000341. The Labute approximate surface area is 191 Å². The van der Waals surface area contributed by atoms with Crippen molar-refractivity contribution in [1.82, 2.24) is 10.0 Å². The van der Waals surface area contributed by atoms with Gasteiger partial charge in [0.15, 0.2) is 0 Å². The van der Waals surface area contributed by atoms with Crippen LogP contribution in [0.25, 0.3) is 0 Å². The number of hydrogen-bond acceptors (Lipinski definition) is 5. The van der Waals surface area contributed by atoms with E-state index in [9.17, 15) is 9.59 Å². The number of carbonyl (C=O) groups is 2. The third-order valence-electron chi connectivity index (χ3n) is 5.20. The van der Waals surface area contributed by atoms with E-state index in [0.717, 1.165) is 18.5 Å². The Morgan fingerprint density at radius 2 is 1.71 bits per heavy atom. The van der Waals surface area contributed by atoms with Gasteiger partial charge in [0, 0.05) is 33.4 Å². The summed E-state index contributed by atoms with van der Waals surface area (Å²) in [5.74, 6) is -0.444. The number of halogens is 1. The molecule has 7 heteroatoms. The van der Waals surface area contributed by atoms with E-state index in [-0.39, 0.29) is 18.3 Å². The van der Waals surface area contributed by atoms with Gasteiger partial charge in [-0.05, 0) is 56.5 Å². The van der Waals surface area contributed by atoms with Crippen molar-refractivity contribution >= 4 is 30.0 Å². The van der Waals surface area contributed by atoms with E-state index in [2.05, 4.69) is 11.1 Å². The van der Waals surface area contributed by atoms with Gasteiger partial charge in [-0.3, -0.25) is 4.79 Å². The molecular weight excluding hydrogens is 414 g/mol. The van der Waals surface area contributed by atoms with Gasteiger partial charge in [0.05, 0.1) is 5.56 Å². The van der Waals surface area contributed by atoms with Gasteiger partial charge in [0.2, 0.25) is 5.91 Å². The molecule has 2 aromatic rings. The number of fused-ring (bicyclic) bond motifs is 1. The number of amides is 1. The van der Waals surface area contributed by atoms with Gasteiger partial charge in [-0.15, -0.1) is 12.4 Å². The SMILES string of the molecule is CN(C(=O)C1c2ccccc2CCN1N(C)C)c1cccc(C(=O)OC(C)(C)C)c1.Cl. The summed E-state index contributed by atoms with van der Waals surface area (Å²) in [5, 5.41) is 4.06. The van der Waals surface area contributed by atoms with Crippen molar-refractivity contribution in [2.24, 2.45) is 0 Å². The number of esters is 1. The molecule has 0 radical (unpaired) electrons. The molecule has 1 atom stereocenters. The minimum atomic E-state index is -0.577. The largest absolute Gasteiger partial charge is 0.456 e. The molecule has 6 nitrogen and oxygen atoms in total. The summed E-state index contributed by atoms with van der Waals surface area (Å²) in [7, 11) is 5.66. The highest BCUT2D eigenvalue weighted by atomic mass is 35.5. The highest BCUT2D eigenvalue weighted by Crippen LogP contribution is 2.33. The molecule has 1 aliphatic rings. The smallest absolute Gasteiger partial charge is 0.338 e. The Kier molecular flexibility index (Phi) is 7.87. The summed E-state index contributed by atoms with van der Waals surface area (Å²) in [4.78, 5) is 27.7.